The molecule has 26 heavy (non-hydrogen) atoms. The van der Waals surface area contributed by atoms with Crippen molar-refractivity contribution < 1.29 is 0 Å². The fourth-order valence-corrected chi connectivity index (χ4v) is 5.01. The van der Waals surface area contributed by atoms with E-state index in [-0.39, 0.29) is 0 Å². The van der Waals surface area contributed by atoms with Crippen molar-refractivity contribution in [3.8, 4) is 32.0 Å². The van der Waals surface area contributed by atoms with Gasteiger partial charge in [-0.3, -0.25) is 0 Å². The molecule has 0 radical (unpaired) electrons. The summed E-state index contributed by atoms with van der Waals surface area (Å²) in [6, 6.07) is 26.8. The smallest absolute Gasteiger partial charge is 0.0345 e. The molecule has 0 aliphatic carbocycles. The van der Waals surface area contributed by atoms with Crippen LogP contribution >= 0.6 is 22.7 Å². The van der Waals surface area contributed by atoms with E-state index < -0.39 is 0 Å². The number of thiophene rings is 2. The van der Waals surface area contributed by atoms with Gasteiger partial charge in [0.2, 0.25) is 0 Å². The van der Waals surface area contributed by atoms with Gasteiger partial charge in [0.05, 0.1) is 0 Å². The molecule has 0 aliphatic heterocycles. The molecule has 4 aromatic rings. The average Bonchev–Trinajstić information content (AvgIpc) is 3.38. The van der Waals surface area contributed by atoms with Crippen molar-refractivity contribution >= 4 is 22.7 Å². The van der Waals surface area contributed by atoms with Crippen LogP contribution in [-0.4, -0.2) is 0 Å². The largest absolute Gasteiger partial charge is 0.140 e. The molecule has 0 saturated carbocycles. The lowest BCUT2D eigenvalue weighted by Crippen LogP contribution is -1.79. The van der Waals surface area contributed by atoms with Gasteiger partial charge in [-0.2, -0.15) is 0 Å². The van der Waals surface area contributed by atoms with E-state index in [9.17, 15) is 0 Å². The second-order valence-electron chi connectivity index (χ2n) is 6.39. The highest BCUT2D eigenvalue weighted by atomic mass is 32.1. The predicted octanol–water partition coefficient (Wildman–Crippen LogP) is 7.94. The summed E-state index contributed by atoms with van der Waals surface area (Å²) in [6.45, 7) is 4.42. The van der Waals surface area contributed by atoms with Gasteiger partial charge in [0, 0.05) is 19.5 Å². The molecule has 0 atom stereocenters. The first-order valence-corrected chi connectivity index (χ1v) is 10.8. The van der Waals surface area contributed by atoms with Crippen molar-refractivity contribution in [2.24, 2.45) is 0 Å². The highest BCUT2D eigenvalue weighted by Gasteiger charge is 2.05. The number of benzene rings is 2. The Labute approximate surface area is 163 Å². The highest BCUT2D eigenvalue weighted by Crippen LogP contribution is 2.32. The van der Waals surface area contributed by atoms with Crippen molar-refractivity contribution in [2.45, 2.75) is 26.7 Å². The summed E-state index contributed by atoms with van der Waals surface area (Å²) < 4.78 is 0. The second-order valence-corrected chi connectivity index (χ2v) is 8.73. The lowest BCUT2D eigenvalue weighted by Gasteiger charge is -2.05. The average molecular weight is 375 g/mol. The van der Waals surface area contributed by atoms with Crippen LogP contribution in [0, 0.1) is 0 Å². The van der Waals surface area contributed by atoms with Crippen LogP contribution in [0.2, 0.25) is 0 Å². The molecule has 2 aromatic heterocycles. The van der Waals surface area contributed by atoms with E-state index in [4.69, 9.17) is 0 Å². The second kappa shape index (κ2) is 7.61. The summed E-state index contributed by atoms with van der Waals surface area (Å²) in [7, 11) is 0. The summed E-state index contributed by atoms with van der Waals surface area (Å²) in [5, 5.41) is 0. The zero-order chi connectivity index (χ0) is 17.9. The minimum Gasteiger partial charge on any atom is -0.140 e. The molecule has 2 aromatic carbocycles. The number of aryl methyl sites for hydroxylation is 2. The molecule has 2 heteroatoms. The summed E-state index contributed by atoms with van der Waals surface area (Å²) in [5.41, 5.74) is 5.16. The lowest BCUT2D eigenvalue weighted by molar-refractivity contribution is 1.19. The predicted molar refractivity (Wildman–Crippen MR) is 117 cm³/mol. The van der Waals surface area contributed by atoms with E-state index in [2.05, 4.69) is 86.6 Å². The van der Waals surface area contributed by atoms with E-state index in [1.807, 2.05) is 22.7 Å². The first-order chi connectivity index (χ1) is 12.8. The third-order valence-electron chi connectivity index (χ3n) is 4.69. The zero-order valence-corrected chi connectivity index (χ0v) is 16.8. The Morgan fingerprint density at radius 1 is 0.462 bits per heavy atom. The Morgan fingerprint density at radius 3 is 1.12 bits per heavy atom. The molecule has 0 spiro atoms. The van der Waals surface area contributed by atoms with Gasteiger partial charge in [-0.05, 0) is 59.4 Å². The van der Waals surface area contributed by atoms with Crippen LogP contribution in [0.25, 0.3) is 32.0 Å². The normalized spacial score (nSPS) is 11.0. The summed E-state index contributed by atoms with van der Waals surface area (Å²) in [5.74, 6) is 0. The van der Waals surface area contributed by atoms with Crippen LogP contribution in [0.5, 0.6) is 0 Å². The Hall–Kier alpha value is -2.16. The molecule has 0 nitrogen and oxygen atoms in total. The Balaban J connectivity index is 1.55. The minimum atomic E-state index is 1.11. The Kier molecular flexibility index (Phi) is 5.05. The maximum absolute atomic E-state index is 2.24. The van der Waals surface area contributed by atoms with Gasteiger partial charge in [0.25, 0.3) is 0 Å². The third kappa shape index (κ3) is 3.53. The van der Waals surface area contributed by atoms with E-state index in [0.717, 1.165) is 12.8 Å². The van der Waals surface area contributed by atoms with Gasteiger partial charge in [-0.1, -0.05) is 62.4 Å². The number of hydrogen-bond donors (Lipinski definition) is 0. The van der Waals surface area contributed by atoms with E-state index in [1.54, 1.807) is 0 Å². The summed E-state index contributed by atoms with van der Waals surface area (Å²) in [6.07, 6.45) is 2.22. The van der Waals surface area contributed by atoms with Gasteiger partial charge in [-0.25, -0.2) is 0 Å². The van der Waals surface area contributed by atoms with Crippen LogP contribution in [0.1, 0.15) is 23.6 Å². The van der Waals surface area contributed by atoms with E-state index >= 15 is 0 Å². The SMILES string of the molecule is CCc1ccc(-c2ccc(-c3ccc(-c4ccc(CC)s4)cc3)cc2)s1. The quantitative estimate of drug-likeness (QED) is 0.332. The number of hydrogen-bond acceptors (Lipinski definition) is 2. The van der Waals surface area contributed by atoms with Crippen molar-refractivity contribution in [3.63, 3.8) is 0 Å². The van der Waals surface area contributed by atoms with Gasteiger partial charge in [-0.15, -0.1) is 22.7 Å². The van der Waals surface area contributed by atoms with Crippen molar-refractivity contribution in [1.29, 1.82) is 0 Å². The topological polar surface area (TPSA) is 0 Å². The standard InChI is InChI=1S/C24H22S2/c1-3-21-13-15-23(25-21)19-9-5-17(6-10-19)18-7-11-20(12-8-18)24-16-14-22(4-2)26-24/h5-16H,3-4H2,1-2H3. The first-order valence-electron chi connectivity index (χ1n) is 9.15. The maximum atomic E-state index is 2.24. The molecule has 0 unspecified atom stereocenters. The molecular weight excluding hydrogens is 352 g/mol. The van der Waals surface area contributed by atoms with Crippen LogP contribution in [0.4, 0.5) is 0 Å². The van der Waals surface area contributed by atoms with Gasteiger partial charge < -0.3 is 0 Å². The fourth-order valence-electron chi connectivity index (χ4n) is 3.10. The zero-order valence-electron chi connectivity index (χ0n) is 15.2. The Bertz CT molecular complexity index is 902. The number of rotatable bonds is 5. The lowest BCUT2D eigenvalue weighted by atomic mass is 10.0. The summed E-state index contributed by atoms with van der Waals surface area (Å²) >= 11 is 3.78. The molecule has 4 rings (SSSR count). The third-order valence-corrected chi connectivity index (χ3v) is 7.25. The van der Waals surface area contributed by atoms with Crippen LogP contribution in [0.3, 0.4) is 0 Å². The van der Waals surface area contributed by atoms with Crippen molar-refractivity contribution in [1.82, 2.24) is 0 Å². The Morgan fingerprint density at radius 2 is 0.808 bits per heavy atom. The van der Waals surface area contributed by atoms with Gasteiger partial charge in [0.1, 0.15) is 0 Å². The monoisotopic (exact) mass is 374 g/mol. The molecule has 0 amide bonds. The van der Waals surface area contributed by atoms with Gasteiger partial charge >= 0.3 is 0 Å². The van der Waals surface area contributed by atoms with E-state index in [0.29, 0.717) is 0 Å². The van der Waals surface area contributed by atoms with E-state index in [1.165, 1.54) is 41.8 Å². The molecule has 0 saturated heterocycles. The molecule has 0 bridgehead atoms. The van der Waals surface area contributed by atoms with Crippen LogP contribution in [-0.2, 0) is 12.8 Å². The van der Waals surface area contributed by atoms with Crippen LogP contribution in [0.15, 0.2) is 72.8 Å². The molecular formula is C24H22S2. The molecule has 2 heterocycles. The molecule has 0 N–H and O–H groups in total. The summed E-state index contributed by atoms with van der Waals surface area (Å²) in [4.78, 5) is 5.60. The molecule has 130 valence electrons. The minimum absolute atomic E-state index is 1.11. The van der Waals surface area contributed by atoms with Gasteiger partial charge in [0.15, 0.2) is 0 Å². The molecule has 0 fully saturated rings. The first kappa shape index (κ1) is 17.3. The fraction of sp³-hybridized carbons (Fsp3) is 0.167. The maximum Gasteiger partial charge on any atom is 0.0345 e. The highest BCUT2D eigenvalue weighted by molar-refractivity contribution is 7.15. The molecule has 0 aliphatic rings. The van der Waals surface area contributed by atoms with Crippen LogP contribution < -0.4 is 0 Å². The van der Waals surface area contributed by atoms with Crippen molar-refractivity contribution in [2.75, 3.05) is 0 Å². The van der Waals surface area contributed by atoms with Crippen molar-refractivity contribution in [3.05, 3.63) is 82.6 Å².